The lowest BCUT2D eigenvalue weighted by Crippen LogP contribution is -2.42. The van der Waals surface area contributed by atoms with Crippen molar-refractivity contribution in [2.24, 2.45) is 15.9 Å². The van der Waals surface area contributed by atoms with Gasteiger partial charge in [-0.25, -0.2) is 8.78 Å². The molecule has 3 aromatic rings. The van der Waals surface area contributed by atoms with Crippen molar-refractivity contribution in [1.29, 1.82) is 0 Å². The van der Waals surface area contributed by atoms with Gasteiger partial charge in [-0.15, -0.1) is 0 Å². The summed E-state index contributed by atoms with van der Waals surface area (Å²) in [6.45, 7) is 1.45. The highest BCUT2D eigenvalue weighted by Gasteiger charge is 2.38. The molecule has 41 heavy (non-hydrogen) atoms. The molecule has 8 heteroatoms. The van der Waals surface area contributed by atoms with E-state index in [1.54, 1.807) is 36.4 Å². The molecule has 6 nitrogen and oxygen atoms in total. The Labute approximate surface area is 239 Å². The first-order valence-electron chi connectivity index (χ1n) is 14.2. The van der Waals surface area contributed by atoms with Gasteiger partial charge in [-0.2, -0.15) is 0 Å². The van der Waals surface area contributed by atoms with Crippen LogP contribution >= 0.6 is 0 Å². The first-order chi connectivity index (χ1) is 19.8. The molecule has 214 valence electrons. The number of nitrogens with zero attached hydrogens (tertiary/aromatic N) is 3. The molecule has 2 fully saturated rings. The standard InChI is InChI=1S/C33H35F2N3O3/c34-33(35)19-17-25(18-20-33)30(32(40)41)37-29(24-12-5-2-6-13-24)26-14-7-8-15-27(26)36-31(39)28-16-9-21-38(28)22-23-10-3-1-4-11-23/h1-8,10-15,25,28,30H,9,16-22H2,(H,36,39)(H,40,41)/p-2/t28-,30?/m0/s1. The van der Waals surface area contributed by atoms with Gasteiger partial charge in [0.25, 0.3) is 0 Å². The van der Waals surface area contributed by atoms with E-state index >= 15 is 0 Å². The number of benzene rings is 3. The van der Waals surface area contributed by atoms with Crippen molar-refractivity contribution >= 4 is 23.3 Å². The Morgan fingerprint density at radius 2 is 1.54 bits per heavy atom. The van der Waals surface area contributed by atoms with E-state index in [4.69, 9.17) is 0 Å². The van der Waals surface area contributed by atoms with Crippen molar-refractivity contribution in [2.45, 2.75) is 63.1 Å². The van der Waals surface area contributed by atoms with E-state index in [-0.39, 0.29) is 37.6 Å². The van der Waals surface area contributed by atoms with Crippen molar-refractivity contribution in [3.05, 3.63) is 102 Å². The Morgan fingerprint density at radius 1 is 0.902 bits per heavy atom. The van der Waals surface area contributed by atoms with Gasteiger partial charge in [0.15, 0.2) is 0 Å². The third-order valence-electron chi connectivity index (χ3n) is 8.03. The normalized spacial score (nSPS) is 21.1. The van der Waals surface area contributed by atoms with Crippen molar-refractivity contribution in [1.82, 2.24) is 4.90 Å². The number of carboxylic acids is 1. The van der Waals surface area contributed by atoms with Gasteiger partial charge in [0.2, 0.25) is 5.92 Å². The molecule has 2 atom stereocenters. The molecule has 1 aliphatic heterocycles. The fraction of sp³-hybridized carbons (Fsp3) is 0.364. The fourth-order valence-corrected chi connectivity index (χ4v) is 5.84. The van der Waals surface area contributed by atoms with Crippen LogP contribution < -0.4 is 10.2 Å². The molecule has 1 aliphatic carbocycles. The number of hydrogen-bond acceptors (Lipinski definition) is 6. The number of aliphatic imine (C=N–C) groups is 2. The maximum absolute atomic E-state index is 13.8. The van der Waals surface area contributed by atoms with Crippen LogP contribution in [0.2, 0.25) is 0 Å². The highest BCUT2D eigenvalue weighted by molar-refractivity contribution is 6.16. The Hall–Kier alpha value is -3.91. The number of para-hydroxylation sites is 1. The second-order valence-electron chi connectivity index (χ2n) is 10.9. The van der Waals surface area contributed by atoms with Crippen LogP contribution in [0.3, 0.4) is 0 Å². The molecule has 1 saturated carbocycles. The maximum Gasteiger partial charge on any atom is 0.248 e. The molecule has 1 unspecified atom stereocenters. The van der Waals surface area contributed by atoms with E-state index < -0.39 is 23.9 Å². The number of carbonyl (C=O) groups is 1. The van der Waals surface area contributed by atoms with Gasteiger partial charge in [0.05, 0.1) is 23.4 Å². The average Bonchev–Trinajstić information content (AvgIpc) is 3.44. The Morgan fingerprint density at radius 3 is 2.22 bits per heavy atom. The minimum absolute atomic E-state index is 0.0423. The van der Waals surface area contributed by atoms with Gasteiger partial charge in [0, 0.05) is 36.6 Å². The summed E-state index contributed by atoms with van der Waals surface area (Å²) in [5.41, 5.74) is 3.00. The molecule has 0 N–H and O–H groups in total. The molecule has 0 bridgehead atoms. The van der Waals surface area contributed by atoms with E-state index in [0.29, 0.717) is 35.5 Å². The van der Waals surface area contributed by atoms with Crippen LogP contribution in [-0.4, -0.2) is 47.0 Å². The molecular weight excluding hydrogens is 524 g/mol. The van der Waals surface area contributed by atoms with E-state index in [9.17, 15) is 23.8 Å². The quantitative estimate of drug-likeness (QED) is 0.286. The van der Waals surface area contributed by atoms with Crippen LogP contribution in [0.5, 0.6) is 0 Å². The summed E-state index contributed by atoms with van der Waals surface area (Å²) in [4.78, 5) is 23.6. The maximum atomic E-state index is 13.8. The third kappa shape index (κ3) is 7.06. The average molecular weight is 558 g/mol. The number of carbonyl (C=O) groups excluding carboxylic acids is 1. The largest absolute Gasteiger partial charge is 0.861 e. The van der Waals surface area contributed by atoms with E-state index in [2.05, 4.69) is 14.9 Å². The molecular formula is C33H33F2N3O3-2. The van der Waals surface area contributed by atoms with Crippen molar-refractivity contribution in [2.75, 3.05) is 6.54 Å². The molecule has 0 spiro atoms. The van der Waals surface area contributed by atoms with Crippen molar-refractivity contribution in [3.8, 4) is 0 Å². The van der Waals surface area contributed by atoms with Crippen LogP contribution in [0.1, 0.15) is 55.2 Å². The summed E-state index contributed by atoms with van der Waals surface area (Å²) >= 11 is 0. The van der Waals surface area contributed by atoms with E-state index in [1.807, 2.05) is 48.5 Å². The number of likely N-dealkylation sites (tertiary alicyclic amines) is 1. The Bertz CT molecular complexity index is 1390. The third-order valence-corrected chi connectivity index (χ3v) is 8.03. The van der Waals surface area contributed by atoms with Crippen molar-refractivity contribution in [3.63, 3.8) is 0 Å². The number of rotatable bonds is 9. The molecule has 2 aliphatic rings. The second kappa shape index (κ2) is 12.7. The number of alkyl halides is 2. The summed E-state index contributed by atoms with van der Waals surface area (Å²) < 4.78 is 27.7. The van der Waals surface area contributed by atoms with Crippen LogP contribution in [0.25, 0.3) is 0 Å². The lowest BCUT2D eigenvalue weighted by molar-refractivity contribution is -0.309. The zero-order valence-corrected chi connectivity index (χ0v) is 22.8. The predicted molar refractivity (Wildman–Crippen MR) is 151 cm³/mol. The first kappa shape index (κ1) is 28.6. The van der Waals surface area contributed by atoms with Gasteiger partial charge in [0.1, 0.15) is 0 Å². The number of halogens is 2. The topological polar surface area (TPSA) is 91.1 Å². The zero-order chi connectivity index (χ0) is 28.8. The lowest BCUT2D eigenvalue weighted by atomic mass is 9.82. The smallest absolute Gasteiger partial charge is 0.248 e. The van der Waals surface area contributed by atoms with Crippen LogP contribution in [0.15, 0.2) is 94.9 Å². The first-order valence-corrected chi connectivity index (χ1v) is 14.2. The van der Waals surface area contributed by atoms with Gasteiger partial charge < -0.3 is 15.0 Å². The van der Waals surface area contributed by atoms with Crippen LogP contribution in [0.4, 0.5) is 14.5 Å². The number of hydrogen-bond donors (Lipinski definition) is 0. The molecule has 0 aromatic heterocycles. The molecule has 0 radical (unpaired) electrons. The van der Waals surface area contributed by atoms with Crippen molar-refractivity contribution < 1.29 is 23.8 Å². The zero-order valence-electron chi connectivity index (χ0n) is 22.8. The van der Waals surface area contributed by atoms with Crippen LogP contribution in [0, 0.1) is 5.92 Å². The molecule has 1 heterocycles. The molecule has 3 aromatic carbocycles. The van der Waals surface area contributed by atoms with Gasteiger partial charge in [-0.1, -0.05) is 78.9 Å². The summed E-state index contributed by atoms with van der Waals surface area (Å²) in [6.07, 6.45) is 0.931. The summed E-state index contributed by atoms with van der Waals surface area (Å²) in [7, 11) is 0. The number of carboxylic acid groups (broad SMARTS) is 1. The van der Waals surface area contributed by atoms with Gasteiger partial charge >= 0.3 is 0 Å². The number of aliphatic carboxylic acids is 1. The summed E-state index contributed by atoms with van der Waals surface area (Å²) in [5, 5.41) is 25.8. The summed E-state index contributed by atoms with van der Waals surface area (Å²) in [5.74, 6) is -5.03. The predicted octanol–water partition coefficient (Wildman–Crippen LogP) is 4.52. The molecule has 0 amide bonds. The van der Waals surface area contributed by atoms with E-state index in [1.165, 1.54) is 0 Å². The highest BCUT2D eigenvalue weighted by atomic mass is 19.3. The van der Waals surface area contributed by atoms with Gasteiger partial charge in [-0.3, -0.25) is 14.9 Å². The molecule has 1 saturated heterocycles. The van der Waals surface area contributed by atoms with Gasteiger partial charge in [-0.05, 0) is 55.7 Å². The van der Waals surface area contributed by atoms with E-state index in [0.717, 1.165) is 18.5 Å². The lowest BCUT2D eigenvalue weighted by Gasteiger charge is -2.33. The Kier molecular flexibility index (Phi) is 8.88. The minimum Gasteiger partial charge on any atom is -0.861 e. The van der Waals surface area contributed by atoms with Crippen LogP contribution in [-0.2, 0) is 11.3 Å². The molecule has 5 rings (SSSR count). The monoisotopic (exact) mass is 557 g/mol. The fourth-order valence-electron chi connectivity index (χ4n) is 5.84. The SMILES string of the molecule is O=C([O-])C(N=C(c1ccccc1)c1ccccc1N=C([O-])[C@@H]1CCCN1Cc1ccccc1)C1CCC(F)(F)CC1. The Balaban J connectivity index is 1.50. The summed E-state index contributed by atoms with van der Waals surface area (Å²) in [6, 6.07) is 24.4. The highest BCUT2D eigenvalue weighted by Crippen LogP contribution is 2.38. The minimum atomic E-state index is -2.79. The second-order valence-corrected chi connectivity index (χ2v) is 10.9.